The molecule has 0 aliphatic carbocycles. The van der Waals surface area contributed by atoms with Crippen LogP contribution in [0.15, 0.2) is 18.2 Å². The number of thiazole rings is 1. The Kier molecular flexibility index (Phi) is 5.13. The van der Waals surface area contributed by atoms with Crippen LogP contribution in [0.4, 0.5) is 4.39 Å². The molecule has 1 aromatic heterocycles. The van der Waals surface area contributed by atoms with Crippen LogP contribution in [0.1, 0.15) is 45.3 Å². The number of rotatable bonds is 5. The number of ether oxygens (including phenoxy) is 1. The van der Waals surface area contributed by atoms with Crippen molar-refractivity contribution < 1.29 is 13.9 Å². The first-order chi connectivity index (χ1) is 10.5. The van der Waals surface area contributed by atoms with Crippen LogP contribution in [0.3, 0.4) is 0 Å². The van der Waals surface area contributed by atoms with Gasteiger partial charge in [-0.3, -0.25) is 4.79 Å². The fourth-order valence-corrected chi connectivity index (χ4v) is 3.12. The summed E-state index contributed by atoms with van der Waals surface area (Å²) in [5, 5.41) is 3.69. The van der Waals surface area contributed by atoms with Gasteiger partial charge in [0.2, 0.25) is 0 Å². The van der Waals surface area contributed by atoms with Crippen molar-refractivity contribution in [3.63, 3.8) is 0 Å². The molecule has 0 saturated heterocycles. The predicted molar refractivity (Wildman–Crippen MR) is 85.0 cm³/mol. The summed E-state index contributed by atoms with van der Waals surface area (Å²) in [5.74, 6) is -1.06. The number of hydrogen-bond donors (Lipinski definition) is 1. The van der Waals surface area contributed by atoms with E-state index in [-0.39, 0.29) is 17.4 Å². The van der Waals surface area contributed by atoms with Crippen LogP contribution in [-0.2, 0) is 0 Å². The summed E-state index contributed by atoms with van der Waals surface area (Å²) < 4.78 is 19.1. The van der Waals surface area contributed by atoms with Gasteiger partial charge in [-0.2, -0.15) is 0 Å². The zero-order valence-corrected chi connectivity index (χ0v) is 13.9. The van der Waals surface area contributed by atoms with Gasteiger partial charge in [0, 0.05) is 4.88 Å². The minimum absolute atomic E-state index is 0.0252. The standard InChI is InChI=1S/C16H19FN2O2S/c1-5-12(16-18-9(2)10(3)22-16)19-15(20)11-7-6-8-13(21-4)14(11)17/h6-8,12H,5H2,1-4H3,(H,19,20). The molecule has 0 spiro atoms. The quantitative estimate of drug-likeness (QED) is 0.911. The summed E-state index contributed by atoms with van der Waals surface area (Å²) in [6.45, 7) is 5.89. The van der Waals surface area contributed by atoms with Gasteiger partial charge >= 0.3 is 0 Å². The van der Waals surface area contributed by atoms with Crippen LogP contribution in [0.2, 0.25) is 0 Å². The second-order valence-corrected chi connectivity index (χ2v) is 6.18. The van der Waals surface area contributed by atoms with Crippen molar-refractivity contribution in [3.8, 4) is 5.75 Å². The van der Waals surface area contributed by atoms with E-state index < -0.39 is 11.7 Å². The minimum atomic E-state index is -0.649. The van der Waals surface area contributed by atoms with E-state index in [0.29, 0.717) is 6.42 Å². The van der Waals surface area contributed by atoms with E-state index in [2.05, 4.69) is 10.3 Å². The molecule has 1 amide bonds. The number of nitrogens with zero attached hydrogens (tertiary/aromatic N) is 1. The second-order valence-electron chi connectivity index (χ2n) is 4.95. The summed E-state index contributed by atoms with van der Waals surface area (Å²) in [6.07, 6.45) is 0.684. The van der Waals surface area contributed by atoms with Crippen LogP contribution in [0.25, 0.3) is 0 Å². The molecule has 0 radical (unpaired) electrons. The lowest BCUT2D eigenvalue weighted by molar-refractivity contribution is 0.0930. The van der Waals surface area contributed by atoms with Crippen molar-refractivity contribution >= 4 is 17.2 Å². The molecular formula is C16H19FN2O2S. The van der Waals surface area contributed by atoms with Crippen molar-refractivity contribution in [2.45, 2.75) is 33.2 Å². The van der Waals surface area contributed by atoms with Crippen molar-refractivity contribution in [2.75, 3.05) is 7.11 Å². The predicted octanol–water partition coefficient (Wildman–Crippen LogP) is 3.79. The van der Waals surface area contributed by atoms with Crippen molar-refractivity contribution in [1.82, 2.24) is 10.3 Å². The lowest BCUT2D eigenvalue weighted by Crippen LogP contribution is -2.29. The van der Waals surface area contributed by atoms with Crippen molar-refractivity contribution in [2.24, 2.45) is 0 Å². The highest BCUT2D eigenvalue weighted by molar-refractivity contribution is 7.11. The normalized spacial score (nSPS) is 12.0. The van der Waals surface area contributed by atoms with Crippen LogP contribution in [0, 0.1) is 19.7 Å². The van der Waals surface area contributed by atoms with E-state index in [4.69, 9.17) is 4.74 Å². The van der Waals surface area contributed by atoms with Gasteiger partial charge in [0.05, 0.1) is 24.4 Å². The minimum Gasteiger partial charge on any atom is -0.494 e. The Labute approximate surface area is 133 Å². The summed E-state index contributed by atoms with van der Waals surface area (Å²) in [5.41, 5.74) is 0.933. The molecule has 0 bridgehead atoms. The third-order valence-corrected chi connectivity index (χ3v) is 4.67. The molecule has 1 N–H and O–H groups in total. The number of aromatic nitrogens is 1. The molecular weight excluding hydrogens is 303 g/mol. The zero-order valence-electron chi connectivity index (χ0n) is 13.1. The van der Waals surface area contributed by atoms with Crippen molar-refractivity contribution in [1.29, 1.82) is 0 Å². The lowest BCUT2D eigenvalue weighted by atomic mass is 10.1. The smallest absolute Gasteiger partial charge is 0.254 e. The van der Waals surface area contributed by atoms with Crippen LogP contribution in [0.5, 0.6) is 5.75 Å². The van der Waals surface area contributed by atoms with Gasteiger partial charge in [-0.15, -0.1) is 11.3 Å². The molecule has 22 heavy (non-hydrogen) atoms. The Bertz CT molecular complexity index is 665. The van der Waals surface area contributed by atoms with Gasteiger partial charge in [0.25, 0.3) is 5.91 Å². The highest BCUT2D eigenvalue weighted by Crippen LogP contribution is 2.26. The summed E-state index contributed by atoms with van der Waals surface area (Å²) in [7, 11) is 1.37. The molecule has 1 atom stereocenters. The van der Waals surface area contributed by atoms with Crippen LogP contribution >= 0.6 is 11.3 Å². The average Bonchev–Trinajstić information content (AvgIpc) is 2.84. The topological polar surface area (TPSA) is 51.2 Å². The molecule has 0 saturated carbocycles. The third kappa shape index (κ3) is 3.27. The van der Waals surface area contributed by atoms with E-state index in [0.717, 1.165) is 15.6 Å². The zero-order chi connectivity index (χ0) is 16.3. The Hall–Kier alpha value is -1.95. The Morgan fingerprint density at radius 1 is 1.45 bits per heavy atom. The van der Waals surface area contributed by atoms with E-state index in [1.807, 2.05) is 20.8 Å². The van der Waals surface area contributed by atoms with Gasteiger partial charge in [-0.05, 0) is 32.4 Å². The molecule has 4 nitrogen and oxygen atoms in total. The lowest BCUT2D eigenvalue weighted by Gasteiger charge is -2.15. The maximum absolute atomic E-state index is 14.1. The molecule has 2 aromatic rings. The van der Waals surface area contributed by atoms with Gasteiger partial charge in [0.1, 0.15) is 5.01 Å². The molecule has 1 heterocycles. The maximum atomic E-state index is 14.1. The molecule has 118 valence electrons. The molecule has 1 aromatic carbocycles. The molecule has 6 heteroatoms. The number of aryl methyl sites for hydroxylation is 2. The number of amides is 1. The number of carbonyl (C=O) groups is 1. The van der Waals surface area contributed by atoms with E-state index >= 15 is 0 Å². The van der Waals surface area contributed by atoms with Gasteiger partial charge < -0.3 is 10.1 Å². The maximum Gasteiger partial charge on any atom is 0.254 e. The number of benzene rings is 1. The van der Waals surface area contributed by atoms with E-state index in [9.17, 15) is 9.18 Å². The van der Waals surface area contributed by atoms with Crippen LogP contribution < -0.4 is 10.1 Å². The van der Waals surface area contributed by atoms with E-state index in [1.165, 1.54) is 19.2 Å². The van der Waals surface area contributed by atoms with Gasteiger partial charge in [0.15, 0.2) is 11.6 Å². The average molecular weight is 322 g/mol. The Morgan fingerprint density at radius 2 is 2.18 bits per heavy atom. The van der Waals surface area contributed by atoms with Gasteiger partial charge in [-0.1, -0.05) is 13.0 Å². The first kappa shape index (κ1) is 16.4. The number of halogens is 1. The molecule has 1 unspecified atom stereocenters. The van der Waals surface area contributed by atoms with Crippen molar-refractivity contribution in [3.05, 3.63) is 45.2 Å². The van der Waals surface area contributed by atoms with Crippen LogP contribution in [-0.4, -0.2) is 18.0 Å². The Balaban J connectivity index is 2.23. The first-order valence-electron chi connectivity index (χ1n) is 7.05. The number of carbonyl (C=O) groups excluding carboxylic acids is 1. The highest BCUT2D eigenvalue weighted by atomic mass is 32.1. The second kappa shape index (κ2) is 6.87. The molecule has 2 rings (SSSR count). The Morgan fingerprint density at radius 3 is 2.73 bits per heavy atom. The SMILES string of the molecule is CCC(NC(=O)c1cccc(OC)c1F)c1nc(C)c(C)s1. The van der Waals surface area contributed by atoms with Gasteiger partial charge in [-0.25, -0.2) is 9.37 Å². The summed E-state index contributed by atoms with van der Waals surface area (Å²) in [6, 6.07) is 4.29. The number of hydrogen-bond acceptors (Lipinski definition) is 4. The fourth-order valence-electron chi connectivity index (χ4n) is 2.06. The number of nitrogens with one attached hydrogen (secondary N) is 1. The summed E-state index contributed by atoms with van der Waals surface area (Å²) >= 11 is 1.55. The monoisotopic (exact) mass is 322 g/mol. The molecule has 0 aliphatic heterocycles. The first-order valence-corrected chi connectivity index (χ1v) is 7.86. The molecule has 0 aliphatic rings. The summed E-state index contributed by atoms with van der Waals surface area (Å²) in [4.78, 5) is 17.9. The third-order valence-electron chi connectivity index (χ3n) is 3.48. The fraction of sp³-hybridized carbons (Fsp3) is 0.375. The molecule has 0 fully saturated rings. The number of methoxy groups -OCH3 is 1. The largest absolute Gasteiger partial charge is 0.494 e. The van der Waals surface area contributed by atoms with E-state index in [1.54, 1.807) is 17.4 Å². The highest BCUT2D eigenvalue weighted by Gasteiger charge is 2.21.